The van der Waals surface area contributed by atoms with E-state index in [-0.39, 0.29) is 11.0 Å². The molecule has 2 atom stereocenters. The van der Waals surface area contributed by atoms with Crippen molar-refractivity contribution >= 4 is 5.69 Å². The lowest BCUT2D eigenvalue weighted by molar-refractivity contribution is -0.914. The van der Waals surface area contributed by atoms with Gasteiger partial charge < -0.3 is 19.3 Å². The number of hydrogen-bond donors (Lipinski definition) is 1. The molecule has 4 heteroatoms. The first kappa shape index (κ1) is 24.6. The third kappa shape index (κ3) is 6.26. The van der Waals surface area contributed by atoms with Crippen molar-refractivity contribution in [1.82, 2.24) is 0 Å². The maximum atomic E-state index is 6.13. The van der Waals surface area contributed by atoms with E-state index in [4.69, 9.17) is 9.47 Å². The average molecular weight is 440 g/mol. The summed E-state index contributed by atoms with van der Waals surface area (Å²) in [6, 6.07) is 17.8. The van der Waals surface area contributed by atoms with Crippen molar-refractivity contribution in [2.24, 2.45) is 0 Å². The van der Waals surface area contributed by atoms with Crippen LogP contribution in [0.15, 0.2) is 48.5 Å². The molecule has 1 N–H and O–H groups in total. The number of hydrogen-bond acceptors (Lipinski definition) is 3. The highest BCUT2D eigenvalue weighted by Gasteiger charge is 2.42. The van der Waals surface area contributed by atoms with Gasteiger partial charge in [-0.3, -0.25) is 0 Å². The predicted molar refractivity (Wildman–Crippen MR) is 134 cm³/mol. The van der Waals surface area contributed by atoms with E-state index < -0.39 is 0 Å². The first-order chi connectivity index (χ1) is 15.3. The van der Waals surface area contributed by atoms with Gasteiger partial charge in [-0.1, -0.05) is 31.2 Å². The first-order valence-electron chi connectivity index (χ1n) is 12.2. The fraction of sp³-hybridized carbons (Fsp3) is 0.571. The summed E-state index contributed by atoms with van der Waals surface area (Å²) in [5, 5.41) is 0. The standard InChI is InChI=1S/C28H42N2O2/c1-7-18-30(21-23-8-12-25(13-9-23)29(4)5)19-16-28(17-20-32-27(2,3)22-28)24-10-14-26(31-6)15-11-24/h8-15H,7,16-22H2,1-6H3/p+1/t28-/m0/s1. The molecule has 1 aliphatic rings. The number of ether oxygens (including phenoxy) is 2. The molecule has 2 aromatic carbocycles. The third-order valence-corrected chi connectivity index (χ3v) is 7.01. The molecular weight excluding hydrogens is 396 g/mol. The van der Waals surface area contributed by atoms with Crippen molar-refractivity contribution < 1.29 is 14.4 Å². The fourth-order valence-corrected chi connectivity index (χ4v) is 5.30. The Bertz CT molecular complexity index is 830. The number of quaternary nitrogens is 1. The topological polar surface area (TPSA) is 26.1 Å². The Balaban J connectivity index is 1.77. The summed E-state index contributed by atoms with van der Waals surface area (Å²) in [7, 11) is 5.93. The zero-order chi connectivity index (χ0) is 23.2. The van der Waals surface area contributed by atoms with Crippen molar-refractivity contribution in [1.29, 1.82) is 0 Å². The van der Waals surface area contributed by atoms with Gasteiger partial charge in [-0.2, -0.15) is 0 Å². The highest BCUT2D eigenvalue weighted by atomic mass is 16.5. The van der Waals surface area contributed by atoms with Gasteiger partial charge in [-0.15, -0.1) is 0 Å². The van der Waals surface area contributed by atoms with Gasteiger partial charge in [0.25, 0.3) is 0 Å². The molecule has 176 valence electrons. The largest absolute Gasteiger partial charge is 0.497 e. The Morgan fingerprint density at radius 2 is 1.69 bits per heavy atom. The summed E-state index contributed by atoms with van der Waals surface area (Å²) in [4.78, 5) is 3.83. The van der Waals surface area contributed by atoms with Crippen LogP contribution in [0.3, 0.4) is 0 Å². The van der Waals surface area contributed by atoms with Crippen LogP contribution in [0.25, 0.3) is 0 Å². The maximum absolute atomic E-state index is 6.13. The fourth-order valence-electron chi connectivity index (χ4n) is 5.30. The van der Waals surface area contributed by atoms with Crippen LogP contribution in [-0.4, -0.2) is 46.5 Å². The zero-order valence-corrected chi connectivity index (χ0v) is 21.0. The smallest absolute Gasteiger partial charge is 0.118 e. The average Bonchev–Trinajstić information content (AvgIpc) is 2.77. The highest BCUT2D eigenvalue weighted by Crippen LogP contribution is 2.44. The van der Waals surface area contributed by atoms with Crippen LogP contribution >= 0.6 is 0 Å². The lowest BCUT2D eigenvalue weighted by Gasteiger charge is -2.45. The Labute approximate surface area is 195 Å². The molecule has 1 unspecified atom stereocenters. The number of rotatable bonds is 10. The van der Waals surface area contributed by atoms with E-state index in [1.807, 2.05) is 0 Å². The summed E-state index contributed by atoms with van der Waals surface area (Å²) in [6.45, 7) is 11.1. The van der Waals surface area contributed by atoms with E-state index in [0.717, 1.165) is 31.7 Å². The van der Waals surface area contributed by atoms with Gasteiger partial charge >= 0.3 is 0 Å². The van der Waals surface area contributed by atoms with E-state index in [0.29, 0.717) is 0 Å². The minimum atomic E-state index is -0.0922. The highest BCUT2D eigenvalue weighted by molar-refractivity contribution is 5.45. The molecule has 2 aromatic rings. The summed E-state index contributed by atoms with van der Waals surface area (Å²) in [6.07, 6.45) is 4.52. The summed E-state index contributed by atoms with van der Waals surface area (Å²) in [5.74, 6) is 0.926. The predicted octanol–water partition coefficient (Wildman–Crippen LogP) is 4.47. The van der Waals surface area contributed by atoms with Crippen molar-refractivity contribution in [2.75, 3.05) is 45.8 Å². The Morgan fingerprint density at radius 1 is 1.00 bits per heavy atom. The molecule has 0 bridgehead atoms. The zero-order valence-electron chi connectivity index (χ0n) is 21.0. The Morgan fingerprint density at radius 3 is 2.25 bits per heavy atom. The lowest BCUT2D eigenvalue weighted by atomic mass is 9.67. The van der Waals surface area contributed by atoms with E-state index in [1.165, 1.54) is 42.7 Å². The minimum absolute atomic E-state index is 0.0922. The molecule has 0 saturated carbocycles. The molecule has 1 fully saturated rings. The summed E-state index contributed by atoms with van der Waals surface area (Å²) >= 11 is 0. The van der Waals surface area contributed by atoms with Crippen LogP contribution in [0, 0.1) is 0 Å². The second-order valence-corrected chi connectivity index (χ2v) is 10.3. The molecule has 1 saturated heterocycles. The lowest BCUT2D eigenvalue weighted by Crippen LogP contribution is -3.10. The van der Waals surface area contributed by atoms with Crippen LogP contribution in [0.1, 0.15) is 57.6 Å². The molecule has 0 spiro atoms. The Hall–Kier alpha value is -2.04. The van der Waals surface area contributed by atoms with E-state index in [9.17, 15) is 0 Å². The second-order valence-electron chi connectivity index (χ2n) is 10.3. The molecule has 0 aliphatic carbocycles. The van der Waals surface area contributed by atoms with Crippen molar-refractivity contribution in [3.8, 4) is 5.75 Å². The summed E-state index contributed by atoms with van der Waals surface area (Å²) in [5.41, 5.74) is 4.17. The van der Waals surface area contributed by atoms with E-state index >= 15 is 0 Å². The molecule has 0 amide bonds. The molecule has 0 radical (unpaired) electrons. The molecule has 3 rings (SSSR count). The SMILES string of the molecule is CCC[NH+](CC[C@]1(c2ccc(OC)cc2)CCOC(C)(C)C1)Cc1ccc(N(C)C)cc1. The van der Waals surface area contributed by atoms with Crippen LogP contribution in [-0.2, 0) is 16.7 Å². The van der Waals surface area contributed by atoms with Crippen LogP contribution in [0.4, 0.5) is 5.69 Å². The molecule has 32 heavy (non-hydrogen) atoms. The van der Waals surface area contributed by atoms with Crippen molar-refractivity contribution in [2.45, 2.75) is 64.0 Å². The second kappa shape index (κ2) is 10.7. The number of anilines is 1. The maximum Gasteiger partial charge on any atom is 0.118 e. The quantitative estimate of drug-likeness (QED) is 0.591. The molecule has 4 nitrogen and oxygen atoms in total. The van der Waals surface area contributed by atoms with Gasteiger partial charge in [0.05, 0.1) is 25.8 Å². The van der Waals surface area contributed by atoms with Crippen LogP contribution in [0.2, 0.25) is 0 Å². The summed E-state index contributed by atoms with van der Waals surface area (Å²) < 4.78 is 11.6. The van der Waals surface area contributed by atoms with Crippen LogP contribution in [0.5, 0.6) is 5.75 Å². The van der Waals surface area contributed by atoms with Crippen molar-refractivity contribution in [3.63, 3.8) is 0 Å². The van der Waals surface area contributed by atoms with E-state index in [2.05, 4.69) is 88.3 Å². The number of nitrogens with zero attached hydrogens (tertiary/aromatic N) is 1. The van der Waals surface area contributed by atoms with E-state index in [1.54, 1.807) is 12.0 Å². The number of benzene rings is 2. The third-order valence-electron chi connectivity index (χ3n) is 7.01. The van der Waals surface area contributed by atoms with Gasteiger partial charge in [0, 0.05) is 43.8 Å². The van der Waals surface area contributed by atoms with Gasteiger partial charge in [-0.25, -0.2) is 0 Å². The normalized spacial score (nSPS) is 21.2. The molecule has 1 aliphatic heterocycles. The monoisotopic (exact) mass is 439 g/mol. The minimum Gasteiger partial charge on any atom is -0.497 e. The molecule has 0 aromatic heterocycles. The molecular formula is C28H43N2O2+. The first-order valence-corrected chi connectivity index (χ1v) is 12.2. The number of methoxy groups -OCH3 is 1. The van der Waals surface area contributed by atoms with Crippen LogP contribution < -0.4 is 14.5 Å². The van der Waals surface area contributed by atoms with Gasteiger partial charge in [0.1, 0.15) is 12.3 Å². The van der Waals surface area contributed by atoms with Crippen molar-refractivity contribution in [3.05, 3.63) is 59.7 Å². The Kier molecular flexibility index (Phi) is 8.24. The molecule has 1 heterocycles. The number of nitrogens with one attached hydrogen (secondary N) is 1. The van der Waals surface area contributed by atoms with Gasteiger partial charge in [0.2, 0.25) is 0 Å². The van der Waals surface area contributed by atoms with Gasteiger partial charge in [-0.05, 0) is 62.9 Å². The van der Waals surface area contributed by atoms with Gasteiger partial charge in [0.15, 0.2) is 0 Å².